The predicted octanol–water partition coefficient (Wildman–Crippen LogP) is 1.00. The van der Waals surface area contributed by atoms with Crippen LogP contribution in [0.2, 0.25) is 0 Å². The molecular weight excluding hydrogens is 215 g/mol. The van der Waals surface area contributed by atoms with Crippen LogP contribution in [0.15, 0.2) is 0 Å². The quantitative estimate of drug-likeness (QED) is 0.422. The minimum Gasteiger partial charge on any atom is -0.429 e. The van der Waals surface area contributed by atoms with E-state index >= 15 is 0 Å². The van der Waals surface area contributed by atoms with Crippen LogP contribution >= 0.6 is 7.82 Å². The molecule has 0 aromatic rings. The molecule has 0 fully saturated rings. The van der Waals surface area contributed by atoms with Gasteiger partial charge in [0.1, 0.15) is 5.60 Å². The highest BCUT2D eigenvalue weighted by Crippen LogP contribution is 2.35. The van der Waals surface area contributed by atoms with Crippen molar-refractivity contribution < 1.29 is 33.1 Å². The lowest BCUT2D eigenvalue weighted by Crippen LogP contribution is -2.24. The molecule has 0 aliphatic rings. The number of ether oxygens (including phenoxy) is 2. The first-order valence-corrected chi connectivity index (χ1v) is 5.19. The Morgan fingerprint density at radius 1 is 1.36 bits per heavy atom. The number of hydrogen-bond donors (Lipinski definition) is 2. The third-order valence-electron chi connectivity index (χ3n) is 0.787. The van der Waals surface area contributed by atoms with Gasteiger partial charge >= 0.3 is 14.0 Å². The Hall–Kier alpha value is -0.620. The molecule has 2 N–H and O–H groups in total. The lowest BCUT2D eigenvalue weighted by molar-refractivity contribution is -0.0412. The van der Waals surface area contributed by atoms with Crippen LogP contribution in [-0.4, -0.2) is 28.3 Å². The fourth-order valence-corrected chi connectivity index (χ4v) is 0.613. The van der Waals surface area contributed by atoms with Crippen molar-refractivity contribution in [1.82, 2.24) is 0 Å². The van der Waals surface area contributed by atoms with Crippen LogP contribution in [0, 0.1) is 0 Å². The van der Waals surface area contributed by atoms with Crippen molar-refractivity contribution in [3.05, 3.63) is 0 Å². The summed E-state index contributed by atoms with van der Waals surface area (Å²) in [6, 6.07) is 0. The van der Waals surface area contributed by atoms with Crippen LogP contribution in [0.5, 0.6) is 0 Å². The Balaban J connectivity index is 3.72. The second-order valence-corrected chi connectivity index (χ2v) is 4.59. The molecule has 7 nitrogen and oxygen atoms in total. The van der Waals surface area contributed by atoms with E-state index in [2.05, 4.69) is 14.0 Å². The minimum atomic E-state index is -4.61. The number of phosphoric acid groups is 1. The van der Waals surface area contributed by atoms with Gasteiger partial charge in [-0.15, -0.1) is 0 Å². The largest absolute Gasteiger partial charge is 0.510 e. The highest BCUT2D eigenvalue weighted by molar-refractivity contribution is 7.46. The van der Waals surface area contributed by atoms with E-state index in [1.807, 2.05) is 0 Å². The maximum absolute atomic E-state index is 10.8. The van der Waals surface area contributed by atoms with Gasteiger partial charge in [0.15, 0.2) is 0 Å². The van der Waals surface area contributed by atoms with Crippen molar-refractivity contribution in [2.24, 2.45) is 0 Å². The summed E-state index contributed by atoms with van der Waals surface area (Å²) in [4.78, 5) is 27.2. The van der Waals surface area contributed by atoms with Crippen molar-refractivity contribution in [1.29, 1.82) is 0 Å². The van der Waals surface area contributed by atoms with Gasteiger partial charge < -0.3 is 19.3 Å². The van der Waals surface area contributed by atoms with Gasteiger partial charge in [-0.2, -0.15) is 0 Å². The number of phosphoric ester groups is 1. The maximum Gasteiger partial charge on any atom is 0.510 e. The van der Waals surface area contributed by atoms with Gasteiger partial charge in [0.2, 0.25) is 6.79 Å². The topological polar surface area (TPSA) is 102 Å². The van der Waals surface area contributed by atoms with Crippen molar-refractivity contribution in [3.8, 4) is 0 Å². The van der Waals surface area contributed by atoms with Gasteiger partial charge in [-0.25, -0.2) is 13.9 Å². The molecule has 8 heteroatoms. The van der Waals surface area contributed by atoms with Crippen LogP contribution in [0.3, 0.4) is 0 Å². The highest BCUT2D eigenvalue weighted by Gasteiger charge is 2.19. The van der Waals surface area contributed by atoms with Crippen molar-refractivity contribution in [3.63, 3.8) is 0 Å². The molecule has 0 radical (unpaired) electrons. The van der Waals surface area contributed by atoms with Crippen LogP contribution in [0.25, 0.3) is 0 Å². The third-order valence-corrected chi connectivity index (χ3v) is 1.23. The summed E-state index contributed by atoms with van der Waals surface area (Å²) >= 11 is 0. The molecule has 0 aliphatic carbocycles. The average molecular weight is 228 g/mol. The van der Waals surface area contributed by atoms with Gasteiger partial charge in [0, 0.05) is 0 Å². The lowest BCUT2D eigenvalue weighted by atomic mass is 10.2. The zero-order valence-corrected chi connectivity index (χ0v) is 8.98. The zero-order valence-electron chi connectivity index (χ0n) is 8.09. The normalized spacial score (nSPS) is 12.4. The molecule has 0 spiro atoms. The molecule has 0 amide bonds. The average Bonchev–Trinajstić information content (AvgIpc) is 1.78. The first-order chi connectivity index (χ1) is 6.10. The molecule has 0 atom stereocenters. The summed E-state index contributed by atoms with van der Waals surface area (Å²) in [6.07, 6.45) is -1.05. The molecule has 0 saturated carbocycles. The van der Waals surface area contributed by atoms with Gasteiger partial charge in [-0.3, -0.25) is 0 Å². The van der Waals surface area contributed by atoms with Gasteiger partial charge in [0.05, 0.1) is 0 Å². The molecule has 0 rings (SSSR count). The summed E-state index contributed by atoms with van der Waals surface area (Å²) in [6.45, 7) is 4.02. The molecule has 84 valence electrons. The Labute approximate surface area is 81.2 Å². The Kier molecular flexibility index (Phi) is 4.54. The zero-order chi connectivity index (χ0) is 11.4. The Morgan fingerprint density at radius 2 is 1.86 bits per heavy atom. The molecule has 0 saturated heterocycles. The minimum absolute atomic E-state index is 0.723. The molecular formula is C6H13O7P. The SMILES string of the molecule is CC(C)(C)OC(=O)OCOP(=O)(O)O. The van der Waals surface area contributed by atoms with E-state index < -0.39 is 26.4 Å². The van der Waals surface area contributed by atoms with E-state index in [0.717, 1.165) is 0 Å². The number of carbonyl (C=O) groups excluding carboxylic acids is 1. The maximum atomic E-state index is 10.8. The van der Waals surface area contributed by atoms with Crippen molar-refractivity contribution >= 4 is 14.0 Å². The predicted molar refractivity (Wildman–Crippen MR) is 45.3 cm³/mol. The summed E-state index contributed by atoms with van der Waals surface area (Å²) in [5.74, 6) is 0. The van der Waals surface area contributed by atoms with Crippen LogP contribution in [0.4, 0.5) is 4.79 Å². The number of carbonyl (C=O) groups is 1. The molecule has 0 aromatic heterocycles. The number of rotatable bonds is 3. The molecule has 14 heavy (non-hydrogen) atoms. The van der Waals surface area contributed by atoms with Crippen molar-refractivity contribution in [2.45, 2.75) is 26.4 Å². The lowest BCUT2D eigenvalue weighted by Gasteiger charge is -2.18. The summed E-state index contributed by atoms with van der Waals surface area (Å²) in [5, 5.41) is 0. The van der Waals surface area contributed by atoms with Crippen molar-refractivity contribution in [2.75, 3.05) is 6.79 Å². The van der Waals surface area contributed by atoms with Gasteiger partial charge in [0.25, 0.3) is 0 Å². The number of hydrogen-bond acceptors (Lipinski definition) is 5. The van der Waals surface area contributed by atoms with Crippen LogP contribution in [0.1, 0.15) is 20.8 Å². The molecule has 0 aliphatic heterocycles. The van der Waals surface area contributed by atoms with E-state index in [9.17, 15) is 9.36 Å². The Morgan fingerprint density at radius 3 is 2.21 bits per heavy atom. The summed E-state index contributed by atoms with van der Waals surface area (Å²) in [5.41, 5.74) is -0.723. The fraction of sp³-hybridized carbons (Fsp3) is 0.833. The Bertz CT molecular complexity index is 237. The molecule has 0 heterocycles. The monoisotopic (exact) mass is 228 g/mol. The molecule has 0 bridgehead atoms. The third kappa shape index (κ3) is 9.47. The van der Waals surface area contributed by atoms with Gasteiger partial charge in [-0.05, 0) is 20.8 Å². The van der Waals surface area contributed by atoms with Crippen LogP contribution in [-0.2, 0) is 18.6 Å². The van der Waals surface area contributed by atoms with E-state index in [1.54, 1.807) is 20.8 Å². The molecule has 0 aromatic carbocycles. The molecule has 0 unspecified atom stereocenters. The van der Waals surface area contributed by atoms with E-state index in [0.29, 0.717) is 0 Å². The fourth-order valence-electron chi connectivity index (χ4n) is 0.423. The first kappa shape index (κ1) is 13.4. The second-order valence-electron chi connectivity index (χ2n) is 3.35. The standard InChI is InChI=1S/C6H13O7P/c1-6(2,3)13-5(7)11-4-12-14(8,9)10/h4H2,1-3H3,(H2,8,9,10). The summed E-state index contributed by atoms with van der Waals surface area (Å²) < 4.78 is 22.9. The second kappa shape index (κ2) is 4.75. The van der Waals surface area contributed by atoms with E-state index in [-0.39, 0.29) is 0 Å². The summed E-state index contributed by atoms with van der Waals surface area (Å²) in [7, 11) is -4.61. The van der Waals surface area contributed by atoms with Crippen LogP contribution < -0.4 is 0 Å². The highest BCUT2D eigenvalue weighted by atomic mass is 31.2. The smallest absolute Gasteiger partial charge is 0.429 e. The van der Waals surface area contributed by atoms with E-state index in [1.165, 1.54) is 0 Å². The van der Waals surface area contributed by atoms with E-state index in [4.69, 9.17) is 9.79 Å². The van der Waals surface area contributed by atoms with Gasteiger partial charge in [-0.1, -0.05) is 0 Å². The first-order valence-electron chi connectivity index (χ1n) is 3.66.